The molecule has 1 N–H and O–H groups in total. The SMILES string of the molecule is COc1cc(CNOC(C)(C)C)c(SC)cc1OC. The van der Waals surface area contributed by atoms with Crippen molar-refractivity contribution < 1.29 is 14.3 Å². The van der Waals surface area contributed by atoms with E-state index in [1.54, 1.807) is 26.0 Å². The maximum atomic E-state index is 5.53. The zero-order chi connectivity index (χ0) is 14.5. The predicted octanol–water partition coefficient (Wildman–Crippen LogP) is 3.25. The molecule has 0 saturated carbocycles. The fourth-order valence-electron chi connectivity index (χ4n) is 1.56. The molecule has 5 heteroatoms. The third-order valence-corrected chi connectivity index (χ3v) is 3.25. The second-order valence-electron chi connectivity index (χ2n) is 5.05. The normalized spacial score (nSPS) is 11.5. The van der Waals surface area contributed by atoms with Gasteiger partial charge in [0.1, 0.15) is 0 Å². The molecule has 1 rings (SSSR count). The van der Waals surface area contributed by atoms with Crippen molar-refractivity contribution in [1.82, 2.24) is 5.48 Å². The van der Waals surface area contributed by atoms with Crippen molar-refractivity contribution in [3.05, 3.63) is 17.7 Å². The molecule has 19 heavy (non-hydrogen) atoms. The van der Waals surface area contributed by atoms with E-state index in [0.717, 1.165) is 22.0 Å². The van der Waals surface area contributed by atoms with Gasteiger partial charge in [0.2, 0.25) is 0 Å². The highest BCUT2D eigenvalue weighted by Gasteiger charge is 2.13. The number of rotatable bonds is 6. The van der Waals surface area contributed by atoms with Gasteiger partial charge in [-0.3, -0.25) is 4.84 Å². The van der Waals surface area contributed by atoms with Crippen LogP contribution in [0.3, 0.4) is 0 Å². The van der Waals surface area contributed by atoms with Gasteiger partial charge in [0.25, 0.3) is 0 Å². The number of benzene rings is 1. The molecule has 0 unspecified atom stereocenters. The van der Waals surface area contributed by atoms with Crippen LogP contribution in [0.15, 0.2) is 17.0 Å². The molecule has 0 spiro atoms. The molecule has 0 aliphatic rings. The first kappa shape index (κ1) is 16.1. The smallest absolute Gasteiger partial charge is 0.161 e. The molecule has 0 atom stereocenters. The summed E-state index contributed by atoms with van der Waals surface area (Å²) in [6.45, 7) is 6.63. The second kappa shape index (κ2) is 7.03. The van der Waals surface area contributed by atoms with E-state index in [2.05, 4.69) is 5.48 Å². The molecule has 1 aromatic rings. The van der Waals surface area contributed by atoms with Crippen LogP contribution in [0.1, 0.15) is 26.3 Å². The average molecular weight is 285 g/mol. The summed E-state index contributed by atoms with van der Waals surface area (Å²) in [6.07, 6.45) is 2.04. The minimum Gasteiger partial charge on any atom is -0.493 e. The Morgan fingerprint density at radius 1 is 1.11 bits per heavy atom. The Kier molecular flexibility index (Phi) is 5.97. The number of ether oxygens (including phenoxy) is 2. The molecule has 1 aromatic carbocycles. The van der Waals surface area contributed by atoms with Crippen LogP contribution in [-0.4, -0.2) is 26.1 Å². The number of nitrogens with one attached hydrogen (secondary N) is 1. The van der Waals surface area contributed by atoms with Gasteiger partial charge in [-0.1, -0.05) is 0 Å². The van der Waals surface area contributed by atoms with Gasteiger partial charge in [-0.15, -0.1) is 11.8 Å². The Morgan fingerprint density at radius 2 is 1.68 bits per heavy atom. The Morgan fingerprint density at radius 3 is 2.16 bits per heavy atom. The maximum Gasteiger partial charge on any atom is 0.161 e. The molecule has 0 aliphatic carbocycles. The molecule has 0 radical (unpaired) electrons. The average Bonchev–Trinajstić information content (AvgIpc) is 2.36. The number of hydroxylamine groups is 1. The Hall–Kier alpha value is -0.910. The quantitative estimate of drug-likeness (QED) is 0.642. The van der Waals surface area contributed by atoms with E-state index in [4.69, 9.17) is 14.3 Å². The lowest BCUT2D eigenvalue weighted by Crippen LogP contribution is -2.28. The molecule has 0 amide bonds. The van der Waals surface area contributed by atoms with Gasteiger partial charge in [0.15, 0.2) is 11.5 Å². The monoisotopic (exact) mass is 285 g/mol. The molecule has 0 bridgehead atoms. The van der Waals surface area contributed by atoms with E-state index >= 15 is 0 Å². The van der Waals surface area contributed by atoms with Crippen molar-refractivity contribution in [2.75, 3.05) is 20.5 Å². The van der Waals surface area contributed by atoms with E-state index in [1.807, 2.05) is 39.2 Å². The lowest BCUT2D eigenvalue weighted by molar-refractivity contribution is -0.0760. The van der Waals surface area contributed by atoms with E-state index in [-0.39, 0.29) is 5.60 Å². The third kappa shape index (κ3) is 4.93. The maximum absolute atomic E-state index is 5.53. The first-order valence-corrected chi connectivity index (χ1v) is 7.33. The lowest BCUT2D eigenvalue weighted by atomic mass is 10.2. The van der Waals surface area contributed by atoms with Crippen LogP contribution in [-0.2, 0) is 11.4 Å². The molecule has 4 nitrogen and oxygen atoms in total. The largest absolute Gasteiger partial charge is 0.493 e. The van der Waals surface area contributed by atoms with E-state index < -0.39 is 0 Å². The molecule has 108 valence electrons. The molecule has 0 aliphatic heterocycles. The van der Waals surface area contributed by atoms with Crippen molar-refractivity contribution in [1.29, 1.82) is 0 Å². The Balaban J connectivity index is 2.86. The number of thioether (sulfide) groups is 1. The topological polar surface area (TPSA) is 39.7 Å². The van der Waals surface area contributed by atoms with Crippen molar-refractivity contribution in [2.45, 2.75) is 37.8 Å². The summed E-state index contributed by atoms with van der Waals surface area (Å²) in [5, 5.41) is 0. The van der Waals surface area contributed by atoms with Gasteiger partial charge in [-0.25, -0.2) is 0 Å². The minimum absolute atomic E-state index is 0.212. The third-order valence-electron chi connectivity index (χ3n) is 2.43. The van der Waals surface area contributed by atoms with Gasteiger partial charge in [-0.05, 0) is 44.7 Å². The fourth-order valence-corrected chi connectivity index (χ4v) is 2.18. The van der Waals surface area contributed by atoms with E-state index in [9.17, 15) is 0 Å². The van der Waals surface area contributed by atoms with Gasteiger partial charge in [-0.2, -0.15) is 5.48 Å². The summed E-state index contributed by atoms with van der Waals surface area (Å²) >= 11 is 1.67. The zero-order valence-electron chi connectivity index (χ0n) is 12.5. The van der Waals surface area contributed by atoms with Crippen molar-refractivity contribution in [2.24, 2.45) is 0 Å². The summed E-state index contributed by atoms with van der Waals surface area (Å²) in [5.74, 6) is 1.47. The van der Waals surface area contributed by atoms with Crippen molar-refractivity contribution >= 4 is 11.8 Å². The highest BCUT2D eigenvalue weighted by atomic mass is 32.2. The molecule has 0 fully saturated rings. The minimum atomic E-state index is -0.212. The van der Waals surface area contributed by atoms with Crippen LogP contribution in [0.2, 0.25) is 0 Å². The molecular weight excluding hydrogens is 262 g/mol. The van der Waals surface area contributed by atoms with Crippen LogP contribution >= 0.6 is 11.8 Å². The summed E-state index contributed by atoms with van der Waals surface area (Å²) in [4.78, 5) is 6.67. The van der Waals surface area contributed by atoms with Crippen molar-refractivity contribution in [3.63, 3.8) is 0 Å². The number of hydrogen-bond donors (Lipinski definition) is 1. The van der Waals surface area contributed by atoms with E-state index in [1.165, 1.54) is 0 Å². The second-order valence-corrected chi connectivity index (χ2v) is 5.90. The first-order chi connectivity index (χ1) is 8.91. The fraction of sp³-hybridized carbons (Fsp3) is 0.571. The van der Waals surface area contributed by atoms with Crippen molar-refractivity contribution in [3.8, 4) is 11.5 Å². The van der Waals surface area contributed by atoms with Crippen LogP contribution < -0.4 is 15.0 Å². The van der Waals surface area contributed by atoms with Gasteiger partial charge >= 0.3 is 0 Å². The molecule has 0 heterocycles. The van der Waals surface area contributed by atoms with Gasteiger partial charge in [0.05, 0.1) is 19.8 Å². The lowest BCUT2D eigenvalue weighted by Gasteiger charge is -2.20. The summed E-state index contributed by atoms with van der Waals surface area (Å²) < 4.78 is 10.6. The molecule has 0 aromatic heterocycles. The number of hydrogen-bond acceptors (Lipinski definition) is 5. The van der Waals surface area contributed by atoms with Gasteiger partial charge in [0, 0.05) is 11.4 Å². The van der Waals surface area contributed by atoms with Crippen LogP contribution in [0.25, 0.3) is 0 Å². The van der Waals surface area contributed by atoms with Crippen LogP contribution in [0.5, 0.6) is 11.5 Å². The van der Waals surface area contributed by atoms with Crippen LogP contribution in [0.4, 0.5) is 0 Å². The Labute approximate surface area is 119 Å². The standard InChI is InChI=1S/C14H23NO3S/c1-14(2,3)18-15-9-10-7-11(16-4)12(17-5)8-13(10)19-6/h7-8,15H,9H2,1-6H3. The summed E-state index contributed by atoms with van der Waals surface area (Å²) in [6, 6.07) is 3.96. The Bertz CT molecular complexity index is 416. The first-order valence-electron chi connectivity index (χ1n) is 6.11. The summed E-state index contributed by atoms with van der Waals surface area (Å²) in [7, 11) is 3.28. The predicted molar refractivity (Wildman–Crippen MR) is 79.0 cm³/mol. The van der Waals surface area contributed by atoms with Crippen LogP contribution in [0, 0.1) is 0 Å². The van der Waals surface area contributed by atoms with Gasteiger partial charge < -0.3 is 9.47 Å². The summed E-state index contributed by atoms with van der Waals surface area (Å²) in [5.41, 5.74) is 3.90. The highest BCUT2D eigenvalue weighted by molar-refractivity contribution is 7.98. The molecule has 0 saturated heterocycles. The molecular formula is C14H23NO3S. The zero-order valence-corrected chi connectivity index (χ0v) is 13.3. The van der Waals surface area contributed by atoms with E-state index in [0.29, 0.717) is 6.54 Å². The highest BCUT2D eigenvalue weighted by Crippen LogP contribution is 2.34. The number of methoxy groups -OCH3 is 2.